The van der Waals surface area contributed by atoms with Crippen LogP contribution in [0.15, 0.2) is 17.3 Å². The molecule has 2 aromatic heterocycles. The van der Waals surface area contributed by atoms with Crippen LogP contribution in [0.2, 0.25) is 0 Å². The van der Waals surface area contributed by atoms with Crippen LogP contribution in [-0.4, -0.2) is 33.6 Å². The molecule has 0 aliphatic carbocycles. The first-order chi connectivity index (χ1) is 9.65. The van der Waals surface area contributed by atoms with Gasteiger partial charge in [0, 0.05) is 30.8 Å². The summed E-state index contributed by atoms with van der Waals surface area (Å²) in [6, 6.07) is 0.273. The number of nitrogens with one attached hydrogen (secondary N) is 3. The molecule has 7 heteroatoms. The Balaban J connectivity index is 1.78. The van der Waals surface area contributed by atoms with Crippen molar-refractivity contribution in [1.82, 2.24) is 20.3 Å². The molecular weight excluding hydrogens is 260 g/mol. The number of hydrogen-bond donors (Lipinski definition) is 3. The average Bonchev–Trinajstić information content (AvgIpc) is 3.02. The van der Waals surface area contributed by atoms with Gasteiger partial charge >= 0.3 is 5.97 Å². The Morgan fingerprint density at radius 3 is 3.10 bits per heavy atom. The standard InChI is InChI=1S/C13H16N4O3/c1-7(18)20-5-8-2-3-10(17-8)9-4-14-12-11(9)15-6-16-13(12)19/h4,6,8,10,14,17H,2-3,5H2,1H3,(H,15,16,19). The smallest absolute Gasteiger partial charge is 0.302 e. The van der Waals surface area contributed by atoms with Gasteiger partial charge in [0.05, 0.1) is 6.33 Å². The second kappa shape index (κ2) is 5.09. The lowest BCUT2D eigenvalue weighted by molar-refractivity contribution is -0.141. The van der Waals surface area contributed by atoms with Gasteiger partial charge in [0.15, 0.2) is 0 Å². The number of aromatic nitrogens is 3. The summed E-state index contributed by atoms with van der Waals surface area (Å²) < 4.78 is 5.02. The minimum Gasteiger partial charge on any atom is -0.464 e. The first-order valence-electron chi connectivity index (χ1n) is 6.59. The van der Waals surface area contributed by atoms with E-state index in [1.165, 1.54) is 13.3 Å². The van der Waals surface area contributed by atoms with E-state index in [1.54, 1.807) is 0 Å². The summed E-state index contributed by atoms with van der Waals surface area (Å²) in [4.78, 5) is 32.2. The number of nitrogens with zero attached hydrogens (tertiary/aromatic N) is 1. The molecule has 0 spiro atoms. The van der Waals surface area contributed by atoms with Crippen LogP contribution in [0, 0.1) is 0 Å². The Labute approximate surface area is 114 Å². The molecule has 2 atom stereocenters. The molecule has 3 heterocycles. The van der Waals surface area contributed by atoms with Gasteiger partial charge in [-0.2, -0.15) is 0 Å². The van der Waals surface area contributed by atoms with E-state index < -0.39 is 0 Å². The summed E-state index contributed by atoms with van der Waals surface area (Å²) in [5, 5.41) is 3.41. The van der Waals surface area contributed by atoms with Crippen molar-refractivity contribution in [3.8, 4) is 0 Å². The minimum atomic E-state index is -0.268. The summed E-state index contributed by atoms with van der Waals surface area (Å²) in [6.07, 6.45) is 5.08. The van der Waals surface area contributed by atoms with Crippen LogP contribution in [0.3, 0.4) is 0 Å². The summed E-state index contributed by atoms with van der Waals surface area (Å²) >= 11 is 0. The topological polar surface area (TPSA) is 99.9 Å². The molecule has 2 unspecified atom stereocenters. The van der Waals surface area contributed by atoms with Gasteiger partial charge in [-0.05, 0) is 12.8 Å². The number of fused-ring (bicyclic) bond motifs is 1. The highest BCUT2D eigenvalue weighted by molar-refractivity contribution is 5.78. The van der Waals surface area contributed by atoms with Crippen LogP contribution in [-0.2, 0) is 9.53 Å². The van der Waals surface area contributed by atoms with E-state index in [-0.39, 0.29) is 23.6 Å². The monoisotopic (exact) mass is 276 g/mol. The molecule has 0 saturated carbocycles. The van der Waals surface area contributed by atoms with Crippen molar-refractivity contribution in [3.05, 3.63) is 28.4 Å². The summed E-state index contributed by atoms with van der Waals surface area (Å²) in [5.74, 6) is -0.268. The number of carbonyl (C=O) groups is 1. The van der Waals surface area contributed by atoms with Gasteiger partial charge in [-0.25, -0.2) is 4.98 Å². The molecule has 0 radical (unpaired) electrons. The number of ether oxygens (including phenoxy) is 1. The SMILES string of the molecule is CC(=O)OCC1CCC(c2c[nH]c3c(=O)[nH]cnc23)N1. The zero-order chi connectivity index (χ0) is 14.1. The normalized spacial score (nSPS) is 22.2. The van der Waals surface area contributed by atoms with Crippen molar-refractivity contribution < 1.29 is 9.53 Å². The number of esters is 1. The van der Waals surface area contributed by atoms with E-state index in [1.807, 2.05) is 6.20 Å². The maximum atomic E-state index is 11.6. The quantitative estimate of drug-likeness (QED) is 0.713. The molecule has 1 saturated heterocycles. The molecule has 1 aliphatic rings. The molecule has 3 rings (SSSR count). The van der Waals surface area contributed by atoms with Gasteiger partial charge in [0.2, 0.25) is 0 Å². The van der Waals surface area contributed by atoms with Gasteiger partial charge < -0.3 is 20.0 Å². The third-order valence-electron chi connectivity index (χ3n) is 3.60. The van der Waals surface area contributed by atoms with Gasteiger partial charge in [-0.3, -0.25) is 9.59 Å². The van der Waals surface area contributed by atoms with Crippen molar-refractivity contribution in [1.29, 1.82) is 0 Å². The van der Waals surface area contributed by atoms with Crippen LogP contribution in [0.4, 0.5) is 0 Å². The van der Waals surface area contributed by atoms with Crippen molar-refractivity contribution in [2.45, 2.75) is 31.8 Å². The maximum absolute atomic E-state index is 11.6. The van der Waals surface area contributed by atoms with Gasteiger partial charge in [-0.15, -0.1) is 0 Å². The molecule has 20 heavy (non-hydrogen) atoms. The Morgan fingerprint density at radius 2 is 2.30 bits per heavy atom. The van der Waals surface area contributed by atoms with Gasteiger partial charge in [-0.1, -0.05) is 0 Å². The van der Waals surface area contributed by atoms with E-state index in [4.69, 9.17) is 4.74 Å². The highest BCUT2D eigenvalue weighted by atomic mass is 16.5. The number of rotatable bonds is 3. The molecule has 1 fully saturated rings. The minimum absolute atomic E-state index is 0.124. The lowest BCUT2D eigenvalue weighted by Gasteiger charge is -2.13. The second-order valence-electron chi connectivity index (χ2n) is 5.00. The fraction of sp³-hybridized carbons (Fsp3) is 0.462. The summed E-state index contributed by atoms with van der Waals surface area (Å²) in [5.41, 5.74) is 2.00. The predicted octanol–water partition coefficient (Wildman–Crippen LogP) is 0.607. The van der Waals surface area contributed by atoms with Crippen molar-refractivity contribution in [3.63, 3.8) is 0 Å². The fourth-order valence-electron chi connectivity index (χ4n) is 2.65. The highest BCUT2D eigenvalue weighted by Crippen LogP contribution is 2.29. The average molecular weight is 276 g/mol. The van der Waals surface area contributed by atoms with E-state index in [0.29, 0.717) is 17.6 Å². The van der Waals surface area contributed by atoms with Crippen LogP contribution in [0.25, 0.3) is 11.0 Å². The number of carbonyl (C=O) groups excluding carboxylic acids is 1. The van der Waals surface area contributed by atoms with E-state index in [9.17, 15) is 9.59 Å². The molecule has 3 N–H and O–H groups in total. The highest BCUT2D eigenvalue weighted by Gasteiger charge is 2.28. The Morgan fingerprint density at radius 1 is 1.45 bits per heavy atom. The zero-order valence-electron chi connectivity index (χ0n) is 11.1. The van der Waals surface area contributed by atoms with Crippen LogP contribution >= 0.6 is 0 Å². The third-order valence-corrected chi connectivity index (χ3v) is 3.60. The Hall–Kier alpha value is -2.15. The van der Waals surface area contributed by atoms with Crippen molar-refractivity contribution >= 4 is 17.0 Å². The lowest BCUT2D eigenvalue weighted by Crippen LogP contribution is -2.29. The fourth-order valence-corrected chi connectivity index (χ4v) is 2.65. The summed E-state index contributed by atoms with van der Waals surface area (Å²) in [7, 11) is 0. The van der Waals surface area contributed by atoms with Gasteiger partial charge in [0.25, 0.3) is 5.56 Å². The number of hydrogen-bond acceptors (Lipinski definition) is 5. The molecule has 2 aromatic rings. The molecule has 106 valence electrons. The molecule has 0 aromatic carbocycles. The number of H-pyrrole nitrogens is 2. The van der Waals surface area contributed by atoms with E-state index in [2.05, 4.69) is 20.3 Å². The van der Waals surface area contributed by atoms with Gasteiger partial charge in [0.1, 0.15) is 17.6 Å². The van der Waals surface area contributed by atoms with Crippen LogP contribution in [0.5, 0.6) is 0 Å². The maximum Gasteiger partial charge on any atom is 0.302 e. The molecule has 1 aliphatic heterocycles. The lowest BCUT2D eigenvalue weighted by atomic mass is 10.1. The predicted molar refractivity (Wildman–Crippen MR) is 72.2 cm³/mol. The molecule has 0 amide bonds. The molecule has 7 nitrogen and oxygen atoms in total. The zero-order valence-corrected chi connectivity index (χ0v) is 11.1. The van der Waals surface area contributed by atoms with E-state index >= 15 is 0 Å². The Bertz CT molecular complexity index is 690. The van der Waals surface area contributed by atoms with Crippen LogP contribution < -0.4 is 10.9 Å². The first kappa shape index (κ1) is 12.9. The van der Waals surface area contributed by atoms with E-state index in [0.717, 1.165) is 18.4 Å². The van der Waals surface area contributed by atoms with Crippen LogP contribution in [0.1, 0.15) is 31.4 Å². The summed E-state index contributed by atoms with van der Waals surface area (Å²) in [6.45, 7) is 1.78. The Kier molecular flexibility index (Phi) is 3.27. The van der Waals surface area contributed by atoms with Crippen molar-refractivity contribution in [2.24, 2.45) is 0 Å². The molecule has 0 bridgehead atoms. The number of aromatic amines is 2. The molecular formula is C13H16N4O3. The second-order valence-corrected chi connectivity index (χ2v) is 5.00. The van der Waals surface area contributed by atoms with Crippen molar-refractivity contribution in [2.75, 3.05) is 6.61 Å². The first-order valence-corrected chi connectivity index (χ1v) is 6.59. The third kappa shape index (κ3) is 2.32. The largest absolute Gasteiger partial charge is 0.464 e.